The van der Waals surface area contributed by atoms with Gasteiger partial charge in [0.2, 0.25) is 0 Å². The Morgan fingerprint density at radius 3 is 2.38 bits per heavy atom. The van der Waals surface area contributed by atoms with Crippen LogP contribution in [-0.2, 0) is 4.74 Å². The molecule has 32 heavy (non-hydrogen) atoms. The number of halogens is 1. The van der Waals surface area contributed by atoms with E-state index >= 15 is 0 Å². The molecule has 0 spiro atoms. The van der Waals surface area contributed by atoms with Crippen molar-refractivity contribution >= 4 is 36.0 Å². The van der Waals surface area contributed by atoms with Crippen molar-refractivity contribution in [1.29, 1.82) is 0 Å². The summed E-state index contributed by atoms with van der Waals surface area (Å²) in [6, 6.07) is 0.894. The number of aliphatic imine (C=N–C) groups is 1. The predicted molar refractivity (Wildman–Crippen MR) is 142 cm³/mol. The average Bonchev–Trinajstić information content (AvgIpc) is 2.94. The molecule has 0 aromatic heterocycles. The van der Waals surface area contributed by atoms with E-state index in [1.807, 2.05) is 32.7 Å². The van der Waals surface area contributed by atoms with Crippen LogP contribution in [0, 0.1) is 11.8 Å². The summed E-state index contributed by atoms with van der Waals surface area (Å²) in [4.78, 5) is 21.8. The van der Waals surface area contributed by atoms with Gasteiger partial charge in [-0.15, -0.1) is 24.0 Å². The molecule has 0 aromatic carbocycles. The Bertz CT molecular complexity index is 622. The molecular weight excluding hydrogens is 517 g/mol. The molecule has 0 aromatic rings. The Labute approximate surface area is 212 Å². The van der Waals surface area contributed by atoms with Gasteiger partial charge < -0.3 is 25.2 Å². The van der Waals surface area contributed by atoms with Crippen molar-refractivity contribution in [2.75, 3.05) is 33.2 Å². The molecule has 3 aliphatic rings. The number of guanidine groups is 1. The van der Waals surface area contributed by atoms with E-state index in [4.69, 9.17) is 4.74 Å². The number of nitrogens with one attached hydrogen (secondary N) is 2. The van der Waals surface area contributed by atoms with Crippen molar-refractivity contribution in [3.63, 3.8) is 0 Å². The maximum absolute atomic E-state index is 12.7. The van der Waals surface area contributed by atoms with Crippen LogP contribution < -0.4 is 10.6 Å². The average molecular weight is 564 g/mol. The van der Waals surface area contributed by atoms with Crippen LogP contribution in [0.2, 0.25) is 0 Å². The largest absolute Gasteiger partial charge is 0.444 e. The number of hydrogen-bond donors (Lipinski definition) is 2. The fraction of sp³-hybridized carbons (Fsp3) is 0.917. The smallest absolute Gasteiger partial charge is 0.410 e. The van der Waals surface area contributed by atoms with Crippen molar-refractivity contribution in [2.24, 2.45) is 16.8 Å². The number of piperidine rings is 2. The summed E-state index contributed by atoms with van der Waals surface area (Å²) in [5.41, 5.74) is -0.443. The first-order chi connectivity index (χ1) is 14.6. The van der Waals surface area contributed by atoms with Crippen molar-refractivity contribution in [3.8, 4) is 0 Å². The second kappa shape index (κ2) is 12.1. The first kappa shape index (κ1) is 27.5. The summed E-state index contributed by atoms with van der Waals surface area (Å²) >= 11 is 0. The van der Waals surface area contributed by atoms with Gasteiger partial charge in [0.25, 0.3) is 0 Å². The summed E-state index contributed by atoms with van der Waals surface area (Å²) in [5, 5.41) is 7.23. The van der Waals surface area contributed by atoms with Gasteiger partial charge in [-0.25, -0.2) is 4.79 Å². The Hall–Kier alpha value is -0.770. The minimum absolute atomic E-state index is 0. The topological polar surface area (TPSA) is 69.2 Å². The highest BCUT2D eigenvalue weighted by Gasteiger charge is 2.45. The Kier molecular flexibility index (Phi) is 10.4. The molecule has 3 fully saturated rings. The fourth-order valence-electron chi connectivity index (χ4n) is 5.54. The van der Waals surface area contributed by atoms with Gasteiger partial charge in [-0.2, -0.15) is 0 Å². The lowest BCUT2D eigenvalue weighted by atomic mass is 9.97. The molecule has 3 aliphatic heterocycles. The van der Waals surface area contributed by atoms with Crippen LogP contribution in [0.3, 0.4) is 0 Å². The van der Waals surface area contributed by atoms with Gasteiger partial charge in [-0.3, -0.25) is 4.99 Å². The number of fused-ring (bicyclic) bond motifs is 2. The van der Waals surface area contributed by atoms with E-state index in [1.165, 1.54) is 32.5 Å². The van der Waals surface area contributed by atoms with E-state index < -0.39 is 5.60 Å². The van der Waals surface area contributed by atoms with Crippen molar-refractivity contribution in [3.05, 3.63) is 0 Å². The zero-order valence-corrected chi connectivity index (χ0v) is 23.4. The Morgan fingerprint density at radius 1 is 1.16 bits per heavy atom. The lowest BCUT2D eigenvalue weighted by Gasteiger charge is -2.40. The van der Waals surface area contributed by atoms with Gasteiger partial charge in [-0.1, -0.05) is 13.8 Å². The van der Waals surface area contributed by atoms with Crippen LogP contribution in [0.15, 0.2) is 4.99 Å². The summed E-state index contributed by atoms with van der Waals surface area (Å²) < 4.78 is 5.66. The van der Waals surface area contributed by atoms with Gasteiger partial charge >= 0.3 is 6.09 Å². The zero-order chi connectivity index (χ0) is 22.6. The molecule has 8 heteroatoms. The molecule has 3 unspecified atom stereocenters. The van der Waals surface area contributed by atoms with E-state index in [2.05, 4.69) is 34.4 Å². The number of likely N-dealkylation sites (tertiary alicyclic amines) is 1. The maximum Gasteiger partial charge on any atom is 0.410 e. The molecule has 0 radical (unpaired) electrons. The minimum atomic E-state index is -0.443. The standard InChI is InChI=1S/C24H45N5O2.HI/c1-17(2)15-28-11-7-8-18(16-28)14-26-22(25-6)27-19-12-20-9-10-21(13-19)29(20)23(30)31-24(3,4)5;/h17-21H,7-16H2,1-6H3,(H2,25,26,27);1H. The Balaban J connectivity index is 0.00000363. The third kappa shape index (κ3) is 7.92. The molecular formula is C24H46IN5O2. The second-order valence-electron chi connectivity index (χ2n) is 11.2. The molecule has 3 rings (SSSR count). The molecule has 3 heterocycles. The number of ether oxygens (including phenoxy) is 1. The Morgan fingerprint density at radius 2 is 1.81 bits per heavy atom. The number of carbonyl (C=O) groups excluding carboxylic acids is 1. The summed E-state index contributed by atoms with van der Waals surface area (Å²) in [5.74, 6) is 2.30. The molecule has 3 atom stereocenters. The molecule has 0 aliphatic carbocycles. The quantitative estimate of drug-likeness (QED) is 0.300. The first-order valence-corrected chi connectivity index (χ1v) is 12.4. The van der Waals surface area contributed by atoms with Gasteiger partial charge in [0.05, 0.1) is 0 Å². The molecule has 186 valence electrons. The third-order valence-electron chi connectivity index (χ3n) is 6.69. The van der Waals surface area contributed by atoms with E-state index in [0.29, 0.717) is 12.0 Å². The lowest BCUT2D eigenvalue weighted by Crippen LogP contribution is -2.55. The lowest BCUT2D eigenvalue weighted by molar-refractivity contribution is 0.00544. The van der Waals surface area contributed by atoms with Crippen molar-refractivity contribution in [2.45, 2.75) is 96.9 Å². The molecule has 2 bridgehead atoms. The van der Waals surface area contributed by atoms with Crippen LogP contribution in [-0.4, -0.2) is 78.8 Å². The van der Waals surface area contributed by atoms with Gasteiger partial charge in [0, 0.05) is 44.8 Å². The van der Waals surface area contributed by atoms with Gasteiger partial charge in [0.15, 0.2) is 5.96 Å². The van der Waals surface area contributed by atoms with Crippen LogP contribution in [0.1, 0.15) is 73.1 Å². The highest BCUT2D eigenvalue weighted by atomic mass is 127. The van der Waals surface area contributed by atoms with Gasteiger partial charge in [-0.05, 0) is 77.7 Å². The summed E-state index contributed by atoms with van der Waals surface area (Å²) in [7, 11) is 1.85. The number of nitrogens with zero attached hydrogens (tertiary/aromatic N) is 3. The third-order valence-corrected chi connectivity index (χ3v) is 6.69. The van der Waals surface area contributed by atoms with Gasteiger partial charge in [0.1, 0.15) is 5.60 Å². The molecule has 3 saturated heterocycles. The van der Waals surface area contributed by atoms with Crippen molar-refractivity contribution in [1.82, 2.24) is 20.4 Å². The number of carbonyl (C=O) groups is 1. The zero-order valence-electron chi connectivity index (χ0n) is 21.0. The van der Waals surface area contributed by atoms with Crippen LogP contribution in [0.4, 0.5) is 4.79 Å². The highest BCUT2D eigenvalue weighted by Crippen LogP contribution is 2.36. The number of hydrogen-bond acceptors (Lipinski definition) is 4. The number of rotatable bonds is 5. The maximum atomic E-state index is 12.7. The number of amides is 1. The van der Waals surface area contributed by atoms with Crippen LogP contribution >= 0.6 is 24.0 Å². The predicted octanol–water partition coefficient (Wildman–Crippen LogP) is 4.07. The van der Waals surface area contributed by atoms with Crippen molar-refractivity contribution < 1.29 is 9.53 Å². The monoisotopic (exact) mass is 563 g/mol. The summed E-state index contributed by atoms with van der Waals surface area (Å²) in [6.07, 6.45) is 6.49. The van der Waals surface area contributed by atoms with Crippen LogP contribution in [0.25, 0.3) is 0 Å². The normalized spacial score (nSPS) is 29.0. The minimum Gasteiger partial charge on any atom is -0.444 e. The fourth-order valence-corrected chi connectivity index (χ4v) is 5.54. The first-order valence-electron chi connectivity index (χ1n) is 12.4. The van der Waals surface area contributed by atoms with E-state index in [1.54, 1.807) is 0 Å². The molecule has 0 saturated carbocycles. The van der Waals surface area contributed by atoms with E-state index in [0.717, 1.165) is 44.1 Å². The molecule has 1 amide bonds. The highest BCUT2D eigenvalue weighted by molar-refractivity contribution is 14.0. The SMILES string of the molecule is CN=C(NCC1CCCN(CC(C)C)C1)NC1CC2CCC(C1)N2C(=O)OC(C)(C)C.I. The van der Waals surface area contributed by atoms with Crippen LogP contribution in [0.5, 0.6) is 0 Å². The second-order valence-corrected chi connectivity index (χ2v) is 11.2. The summed E-state index contributed by atoms with van der Waals surface area (Å²) in [6.45, 7) is 15.0. The van der Waals surface area contributed by atoms with E-state index in [9.17, 15) is 4.79 Å². The van der Waals surface area contributed by atoms with E-state index in [-0.39, 0.29) is 42.2 Å². The molecule has 7 nitrogen and oxygen atoms in total. The molecule has 2 N–H and O–H groups in total.